The molecule has 0 spiro atoms. The van der Waals surface area contributed by atoms with Gasteiger partial charge in [0.15, 0.2) is 0 Å². The smallest absolute Gasteiger partial charge is 0.261 e. The molecule has 1 N–H and O–H groups in total. The van der Waals surface area contributed by atoms with Crippen molar-refractivity contribution in [1.29, 1.82) is 0 Å². The van der Waals surface area contributed by atoms with Gasteiger partial charge in [0, 0.05) is 11.2 Å². The minimum absolute atomic E-state index is 0.0852. The Kier molecular flexibility index (Phi) is 6.83. The molecule has 0 bridgehead atoms. The SMILES string of the molecule is Cc1ccc(CN(c2ccc3sc(C(=O)NCCC(C)C)cc3c2)S(C)(=O)=O)cc1. The molecule has 1 amide bonds. The second-order valence-corrected chi connectivity index (χ2v) is 11.0. The Labute approximate surface area is 182 Å². The molecule has 0 fully saturated rings. The lowest BCUT2D eigenvalue weighted by Crippen LogP contribution is -2.29. The fourth-order valence-electron chi connectivity index (χ4n) is 3.12. The van der Waals surface area contributed by atoms with Gasteiger partial charge in [0.1, 0.15) is 0 Å². The van der Waals surface area contributed by atoms with Gasteiger partial charge in [-0.1, -0.05) is 43.7 Å². The molecule has 0 saturated heterocycles. The van der Waals surface area contributed by atoms with Crippen molar-refractivity contribution in [1.82, 2.24) is 5.32 Å². The summed E-state index contributed by atoms with van der Waals surface area (Å²) in [6.07, 6.45) is 2.15. The van der Waals surface area contributed by atoms with E-state index in [-0.39, 0.29) is 12.5 Å². The summed E-state index contributed by atoms with van der Waals surface area (Å²) in [5, 5.41) is 3.82. The molecule has 0 radical (unpaired) electrons. The lowest BCUT2D eigenvalue weighted by molar-refractivity contribution is 0.0956. The molecule has 3 aromatic rings. The van der Waals surface area contributed by atoms with Crippen LogP contribution in [-0.4, -0.2) is 27.1 Å². The van der Waals surface area contributed by atoms with E-state index in [1.165, 1.54) is 21.9 Å². The highest BCUT2D eigenvalue weighted by Crippen LogP contribution is 2.31. The Balaban J connectivity index is 1.86. The zero-order chi connectivity index (χ0) is 21.9. The zero-order valence-corrected chi connectivity index (χ0v) is 19.4. The molecule has 2 aromatic carbocycles. The highest BCUT2D eigenvalue weighted by molar-refractivity contribution is 7.92. The van der Waals surface area contributed by atoms with E-state index in [2.05, 4.69) is 19.2 Å². The molecule has 1 aromatic heterocycles. The van der Waals surface area contributed by atoms with Gasteiger partial charge in [-0.15, -0.1) is 11.3 Å². The number of anilines is 1. The number of carbonyl (C=O) groups is 1. The zero-order valence-electron chi connectivity index (χ0n) is 17.8. The van der Waals surface area contributed by atoms with Gasteiger partial charge in [0.05, 0.1) is 23.4 Å². The molecule has 1 heterocycles. The summed E-state index contributed by atoms with van der Waals surface area (Å²) in [5.41, 5.74) is 2.64. The minimum Gasteiger partial charge on any atom is -0.351 e. The van der Waals surface area contributed by atoms with Crippen LogP contribution in [0.2, 0.25) is 0 Å². The maximum Gasteiger partial charge on any atom is 0.261 e. The van der Waals surface area contributed by atoms with E-state index < -0.39 is 10.0 Å². The molecule has 5 nitrogen and oxygen atoms in total. The molecule has 7 heteroatoms. The monoisotopic (exact) mass is 444 g/mol. The maximum atomic E-state index is 12.5. The van der Waals surface area contributed by atoms with E-state index in [4.69, 9.17) is 0 Å². The fourth-order valence-corrected chi connectivity index (χ4v) is 4.96. The predicted molar refractivity (Wildman–Crippen MR) is 126 cm³/mol. The average Bonchev–Trinajstić information content (AvgIpc) is 3.09. The Morgan fingerprint density at radius 3 is 2.43 bits per heavy atom. The number of sulfonamides is 1. The third-order valence-electron chi connectivity index (χ3n) is 4.87. The lowest BCUT2D eigenvalue weighted by atomic mass is 10.1. The summed E-state index contributed by atoms with van der Waals surface area (Å²) in [7, 11) is -3.47. The highest BCUT2D eigenvalue weighted by atomic mass is 32.2. The van der Waals surface area contributed by atoms with Gasteiger partial charge in [0.25, 0.3) is 5.91 Å². The molecular weight excluding hydrogens is 416 g/mol. The van der Waals surface area contributed by atoms with Crippen LogP contribution in [0.3, 0.4) is 0 Å². The Hall–Kier alpha value is -2.38. The van der Waals surface area contributed by atoms with Crippen molar-refractivity contribution < 1.29 is 13.2 Å². The predicted octanol–water partition coefficient (Wildman–Crippen LogP) is 4.95. The van der Waals surface area contributed by atoms with Gasteiger partial charge < -0.3 is 5.32 Å². The number of thiophene rings is 1. The van der Waals surface area contributed by atoms with Crippen LogP contribution in [-0.2, 0) is 16.6 Å². The summed E-state index contributed by atoms with van der Waals surface area (Å²) in [6, 6.07) is 15.2. The summed E-state index contributed by atoms with van der Waals surface area (Å²) >= 11 is 1.42. The van der Waals surface area contributed by atoms with Gasteiger partial charge in [0.2, 0.25) is 10.0 Å². The standard InChI is InChI=1S/C23H28N2O3S2/c1-16(2)11-12-24-23(26)22-14-19-13-20(9-10-21(19)29-22)25(30(4,27)28)15-18-7-5-17(3)6-8-18/h5-10,13-14,16H,11-12,15H2,1-4H3,(H,24,26). The van der Waals surface area contributed by atoms with Crippen molar-refractivity contribution in [3.05, 3.63) is 64.5 Å². The molecule has 0 aliphatic carbocycles. The van der Waals surface area contributed by atoms with Crippen LogP contribution in [0, 0.1) is 12.8 Å². The number of aryl methyl sites for hydroxylation is 1. The number of benzene rings is 2. The van der Waals surface area contributed by atoms with E-state index in [1.54, 1.807) is 6.07 Å². The molecule has 0 saturated carbocycles. The third-order valence-corrected chi connectivity index (χ3v) is 7.12. The summed E-state index contributed by atoms with van der Waals surface area (Å²) in [6.45, 7) is 7.15. The highest BCUT2D eigenvalue weighted by Gasteiger charge is 2.19. The number of hydrogen-bond acceptors (Lipinski definition) is 4. The molecule has 0 unspecified atom stereocenters. The van der Waals surface area contributed by atoms with Crippen molar-refractivity contribution in [3.8, 4) is 0 Å². The lowest BCUT2D eigenvalue weighted by Gasteiger charge is -2.22. The number of nitrogens with one attached hydrogen (secondary N) is 1. The van der Waals surface area contributed by atoms with Crippen LogP contribution >= 0.6 is 11.3 Å². The van der Waals surface area contributed by atoms with Crippen molar-refractivity contribution in [3.63, 3.8) is 0 Å². The number of fused-ring (bicyclic) bond motifs is 1. The topological polar surface area (TPSA) is 66.5 Å². The first kappa shape index (κ1) is 22.3. The molecule has 160 valence electrons. The number of hydrogen-bond donors (Lipinski definition) is 1. The Morgan fingerprint density at radius 1 is 1.10 bits per heavy atom. The quantitative estimate of drug-likeness (QED) is 0.534. The van der Waals surface area contributed by atoms with Gasteiger partial charge in [-0.2, -0.15) is 0 Å². The molecule has 30 heavy (non-hydrogen) atoms. The van der Waals surface area contributed by atoms with Crippen LogP contribution in [0.4, 0.5) is 5.69 Å². The molecule has 3 rings (SSSR count). The fraction of sp³-hybridized carbons (Fsp3) is 0.348. The van der Waals surface area contributed by atoms with E-state index >= 15 is 0 Å². The van der Waals surface area contributed by atoms with Crippen LogP contribution in [0.15, 0.2) is 48.5 Å². The average molecular weight is 445 g/mol. The number of amides is 1. The largest absolute Gasteiger partial charge is 0.351 e. The first-order chi connectivity index (χ1) is 14.1. The first-order valence-corrected chi connectivity index (χ1v) is 12.6. The van der Waals surface area contributed by atoms with Crippen LogP contribution < -0.4 is 9.62 Å². The van der Waals surface area contributed by atoms with Crippen LogP contribution in [0.25, 0.3) is 10.1 Å². The number of rotatable bonds is 8. The number of carbonyl (C=O) groups excluding carboxylic acids is 1. The van der Waals surface area contributed by atoms with Gasteiger partial charge >= 0.3 is 0 Å². The Morgan fingerprint density at radius 2 is 1.80 bits per heavy atom. The van der Waals surface area contributed by atoms with Crippen molar-refractivity contribution >= 4 is 43.0 Å². The summed E-state index contributed by atoms with van der Waals surface area (Å²) < 4.78 is 27.3. The second-order valence-electron chi connectivity index (χ2n) is 8.03. The number of nitrogens with zero attached hydrogens (tertiary/aromatic N) is 1. The van der Waals surface area contributed by atoms with Gasteiger partial charge in [-0.3, -0.25) is 9.10 Å². The third kappa shape index (κ3) is 5.61. The van der Waals surface area contributed by atoms with Gasteiger partial charge in [-0.05, 0) is 54.5 Å². The normalized spacial score (nSPS) is 11.8. The molecular formula is C23H28N2O3S2. The first-order valence-electron chi connectivity index (χ1n) is 9.98. The summed E-state index contributed by atoms with van der Waals surface area (Å²) in [4.78, 5) is 13.1. The maximum absolute atomic E-state index is 12.5. The van der Waals surface area contributed by atoms with Gasteiger partial charge in [-0.25, -0.2) is 8.42 Å². The van der Waals surface area contributed by atoms with Crippen molar-refractivity contribution in [2.75, 3.05) is 17.1 Å². The minimum atomic E-state index is -3.47. The second kappa shape index (κ2) is 9.18. The van der Waals surface area contributed by atoms with Crippen LogP contribution in [0.5, 0.6) is 0 Å². The van der Waals surface area contributed by atoms with E-state index in [0.717, 1.165) is 27.6 Å². The van der Waals surface area contributed by atoms with E-state index in [0.29, 0.717) is 23.0 Å². The van der Waals surface area contributed by atoms with Crippen LogP contribution in [0.1, 0.15) is 41.1 Å². The van der Waals surface area contributed by atoms with E-state index in [1.807, 2.05) is 49.4 Å². The molecule has 0 aliphatic heterocycles. The van der Waals surface area contributed by atoms with Crippen molar-refractivity contribution in [2.45, 2.75) is 33.7 Å². The molecule has 0 atom stereocenters. The summed E-state index contributed by atoms with van der Waals surface area (Å²) in [5.74, 6) is 0.448. The Bertz CT molecular complexity index is 1130. The van der Waals surface area contributed by atoms with Crippen molar-refractivity contribution in [2.24, 2.45) is 5.92 Å². The molecule has 0 aliphatic rings. The van der Waals surface area contributed by atoms with E-state index in [9.17, 15) is 13.2 Å².